The second kappa shape index (κ2) is 13.6. The number of guanidine groups is 1. The fraction of sp³-hybridized carbons (Fsp3) is 0.682. The first-order chi connectivity index (χ1) is 14.8. The highest BCUT2D eigenvalue weighted by atomic mass is 127. The molecule has 0 aromatic heterocycles. The van der Waals surface area contributed by atoms with Gasteiger partial charge in [0.05, 0.1) is 18.2 Å². The van der Waals surface area contributed by atoms with Crippen LogP contribution in [0.15, 0.2) is 29.3 Å². The molecule has 10 heteroatoms. The Hall–Kier alpha value is -1.11. The standard InChI is InChI=1S/C22H35F3N4O2.HI/c1-4-29(5-2)19(17-6-8-18(9-7-17)22(23,24)25)14-27-20(26-3)28-15-21(10-12-30)11-13-31-16-21;/h6-9,19,30H,4-5,10-16H2,1-3H3,(H2,26,27,28);1H. The van der Waals surface area contributed by atoms with Crippen molar-refractivity contribution in [1.82, 2.24) is 15.5 Å². The van der Waals surface area contributed by atoms with Crippen molar-refractivity contribution in [3.8, 4) is 0 Å². The van der Waals surface area contributed by atoms with E-state index in [0.29, 0.717) is 38.7 Å². The minimum atomic E-state index is -4.35. The fourth-order valence-electron chi connectivity index (χ4n) is 4.01. The van der Waals surface area contributed by atoms with Crippen LogP contribution in [0, 0.1) is 5.41 Å². The van der Waals surface area contributed by atoms with Crippen LogP contribution >= 0.6 is 24.0 Å². The summed E-state index contributed by atoms with van der Waals surface area (Å²) in [5, 5.41) is 16.0. The normalized spacial score (nSPS) is 20.2. The number of ether oxygens (including phenoxy) is 1. The van der Waals surface area contributed by atoms with E-state index in [0.717, 1.165) is 37.2 Å². The van der Waals surface area contributed by atoms with Gasteiger partial charge in [-0.25, -0.2) is 0 Å². The van der Waals surface area contributed by atoms with Gasteiger partial charge in [0.15, 0.2) is 5.96 Å². The molecule has 0 amide bonds. The molecule has 3 N–H and O–H groups in total. The number of aliphatic hydroxyl groups excluding tert-OH is 1. The molecule has 2 rings (SSSR count). The number of likely N-dealkylation sites (N-methyl/N-ethyl adjacent to an activating group) is 1. The minimum Gasteiger partial charge on any atom is -0.396 e. The predicted molar refractivity (Wildman–Crippen MR) is 131 cm³/mol. The van der Waals surface area contributed by atoms with Crippen LogP contribution in [-0.4, -0.2) is 69.0 Å². The van der Waals surface area contributed by atoms with E-state index in [4.69, 9.17) is 4.74 Å². The Morgan fingerprint density at radius 2 is 1.88 bits per heavy atom. The second-order valence-corrected chi connectivity index (χ2v) is 7.94. The molecule has 0 spiro atoms. The Kier molecular flexibility index (Phi) is 12.3. The van der Waals surface area contributed by atoms with Crippen LogP contribution < -0.4 is 10.6 Å². The SMILES string of the molecule is CCN(CC)C(CNC(=NC)NCC1(CCO)CCOC1)c1ccc(C(F)(F)F)cc1.I. The van der Waals surface area contributed by atoms with Gasteiger partial charge in [-0.05, 0) is 43.6 Å². The maximum Gasteiger partial charge on any atom is 0.416 e. The van der Waals surface area contributed by atoms with Crippen molar-refractivity contribution >= 4 is 29.9 Å². The summed E-state index contributed by atoms with van der Waals surface area (Å²) in [5.41, 5.74) is 0.0616. The Balaban J connectivity index is 0.00000512. The van der Waals surface area contributed by atoms with Crippen molar-refractivity contribution in [3.63, 3.8) is 0 Å². The predicted octanol–water partition coefficient (Wildman–Crippen LogP) is 3.66. The molecule has 2 unspecified atom stereocenters. The number of alkyl halides is 3. The van der Waals surface area contributed by atoms with E-state index < -0.39 is 11.7 Å². The first-order valence-corrected chi connectivity index (χ1v) is 10.8. The van der Waals surface area contributed by atoms with Crippen molar-refractivity contribution < 1.29 is 23.0 Å². The van der Waals surface area contributed by atoms with Crippen LogP contribution in [0.2, 0.25) is 0 Å². The molecule has 0 bridgehead atoms. The lowest BCUT2D eigenvalue weighted by molar-refractivity contribution is -0.137. The summed E-state index contributed by atoms with van der Waals surface area (Å²) < 4.78 is 44.3. The van der Waals surface area contributed by atoms with Crippen molar-refractivity contribution in [2.24, 2.45) is 10.4 Å². The number of nitrogens with one attached hydrogen (secondary N) is 2. The second-order valence-electron chi connectivity index (χ2n) is 7.94. The van der Waals surface area contributed by atoms with Crippen LogP contribution in [0.1, 0.15) is 43.9 Å². The maximum atomic E-state index is 12.9. The maximum absolute atomic E-state index is 12.9. The Bertz CT molecular complexity index is 691. The third-order valence-corrected chi connectivity index (χ3v) is 6.02. The lowest BCUT2D eigenvalue weighted by Gasteiger charge is -2.32. The van der Waals surface area contributed by atoms with Gasteiger partial charge in [-0.15, -0.1) is 24.0 Å². The van der Waals surface area contributed by atoms with Crippen LogP contribution in [0.3, 0.4) is 0 Å². The van der Waals surface area contributed by atoms with E-state index in [1.54, 1.807) is 19.2 Å². The van der Waals surface area contributed by atoms with Crippen LogP contribution in [0.5, 0.6) is 0 Å². The Labute approximate surface area is 206 Å². The molecule has 1 aromatic carbocycles. The average molecular weight is 572 g/mol. The average Bonchev–Trinajstić information content (AvgIpc) is 3.21. The molecule has 1 saturated heterocycles. The fourth-order valence-corrected chi connectivity index (χ4v) is 4.01. The summed E-state index contributed by atoms with van der Waals surface area (Å²) in [7, 11) is 1.68. The van der Waals surface area contributed by atoms with Crippen molar-refractivity contribution in [3.05, 3.63) is 35.4 Å². The summed E-state index contributed by atoms with van der Waals surface area (Å²) >= 11 is 0. The summed E-state index contributed by atoms with van der Waals surface area (Å²) in [4.78, 5) is 6.48. The highest BCUT2D eigenvalue weighted by Gasteiger charge is 2.34. The monoisotopic (exact) mass is 572 g/mol. The van der Waals surface area contributed by atoms with Crippen molar-refractivity contribution in [2.75, 3.05) is 53.0 Å². The highest BCUT2D eigenvalue weighted by Crippen LogP contribution is 2.32. The number of halogens is 4. The van der Waals surface area contributed by atoms with Gasteiger partial charge in [-0.2, -0.15) is 13.2 Å². The molecule has 32 heavy (non-hydrogen) atoms. The number of benzene rings is 1. The summed E-state index contributed by atoms with van der Waals surface area (Å²) in [6.45, 7) is 8.13. The van der Waals surface area contributed by atoms with E-state index in [1.807, 2.05) is 13.8 Å². The van der Waals surface area contributed by atoms with E-state index in [-0.39, 0.29) is 42.0 Å². The molecule has 184 valence electrons. The molecule has 1 heterocycles. The molecule has 1 fully saturated rings. The van der Waals surface area contributed by atoms with E-state index in [9.17, 15) is 18.3 Å². The van der Waals surface area contributed by atoms with Gasteiger partial charge in [-0.3, -0.25) is 9.89 Å². The van der Waals surface area contributed by atoms with Gasteiger partial charge in [0, 0.05) is 38.8 Å². The van der Waals surface area contributed by atoms with Gasteiger partial charge in [0.25, 0.3) is 0 Å². The summed E-state index contributed by atoms with van der Waals surface area (Å²) in [6, 6.07) is 5.28. The molecule has 0 saturated carbocycles. The third kappa shape index (κ3) is 8.03. The Morgan fingerprint density at radius 3 is 2.34 bits per heavy atom. The molecule has 6 nitrogen and oxygen atoms in total. The lowest BCUT2D eigenvalue weighted by atomic mass is 9.84. The molecule has 0 radical (unpaired) electrons. The quantitative estimate of drug-likeness (QED) is 0.227. The molecule has 2 atom stereocenters. The number of hydrogen-bond donors (Lipinski definition) is 3. The Morgan fingerprint density at radius 1 is 1.22 bits per heavy atom. The molecule has 0 aliphatic carbocycles. The number of aliphatic hydroxyl groups is 1. The first kappa shape index (κ1) is 28.9. The smallest absolute Gasteiger partial charge is 0.396 e. The van der Waals surface area contributed by atoms with Crippen molar-refractivity contribution in [2.45, 2.75) is 38.9 Å². The van der Waals surface area contributed by atoms with Gasteiger partial charge in [0.2, 0.25) is 0 Å². The van der Waals surface area contributed by atoms with Crippen molar-refractivity contribution in [1.29, 1.82) is 0 Å². The van der Waals surface area contributed by atoms with E-state index in [1.165, 1.54) is 0 Å². The molecular weight excluding hydrogens is 536 g/mol. The zero-order valence-electron chi connectivity index (χ0n) is 19.0. The lowest BCUT2D eigenvalue weighted by Crippen LogP contribution is -2.47. The third-order valence-electron chi connectivity index (χ3n) is 6.02. The zero-order chi connectivity index (χ0) is 22.9. The summed E-state index contributed by atoms with van der Waals surface area (Å²) in [6.07, 6.45) is -2.81. The number of rotatable bonds is 10. The first-order valence-electron chi connectivity index (χ1n) is 10.8. The van der Waals surface area contributed by atoms with Gasteiger partial charge in [-0.1, -0.05) is 26.0 Å². The highest BCUT2D eigenvalue weighted by molar-refractivity contribution is 14.0. The largest absolute Gasteiger partial charge is 0.416 e. The number of hydrogen-bond acceptors (Lipinski definition) is 4. The van der Waals surface area contributed by atoms with E-state index >= 15 is 0 Å². The van der Waals surface area contributed by atoms with Gasteiger partial charge >= 0.3 is 6.18 Å². The molecular formula is C22H36F3IN4O2. The van der Waals surface area contributed by atoms with E-state index in [2.05, 4.69) is 20.5 Å². The number of aliphatic imine (C=N–C) groups is 1. The topological polar surface area (TPSA) is 69.1 Å². The van der Waals surface area contributed by atoms with Crippen LogP contribution in [-0.2, 0) is 10.9 Å². The zero-order valence-corrected chi connectivity index (χ0v) is 21.4. The van der Waals surface area contributed by atoms with Gasteiger partial charge < -0.3 is 20.5 Å². The molecule has 1 aromatic rings. The van der Waals surface area contributed by atoms with Gasteiger partial charge in [0.1, 0.15) is 0 Å². The minimum absolute atomic E-state index is 0. The van der Waals surface area contributed by atoms with Crippen LogP contribution in [0.25, 0.3) is 0 Å². The van der Waals surface area contributed by atoms with Crippen LogP contribution in [0.4, 0.5) is 13.2 Å². The molecule has 1 aliphatic heterocycles. The summed E-state index contributed by atoms with van der Waals surface area (Å²) in [5.74, 6) is 0.619. The number of nitrogens with zero attached hydrogens (tertiary/aromatic N) is 2. The molecule has 1 aliphatic rings.